The highest BCUT2D eigenvalue weighted by molar-refractivity contribution is 14.0. The summed E-state index contributed by atoms with van der Waals surface area (Å²) in [6.45, 7) is 6.06. The van der Waals surface area contributed by atoms with Crippen LogP contribution in [0.15, 0.2) is 29.3 Å². The van der Waals surface area contributed by atoms with E-state index in [0.29, 0.717) is 5.56 Å². The second-order valence-corrected chi connectivity index (χ2v) is 6.32. The number of hydrogen-bond acceptors (Lipinski definition) is 3. The Bertz CT molecular complexity index is 589. The van der Waals surface area contributed by atoms with Crippen molar-refractivity contribution in [2.45, 2.75) is 32.2 Å². The van der Waals surface area contributed by atoms with E-state index >= 15 is 0 Å². The molecule has 0 saturated heterocycles. The molecular formula is C19H32IN5O. The lowest BCUT2D eigenvalue weighted by atomic mass is 10.1. The molecule has 1 fully saturated rings. The van der Waals surface area contributed by atoms with Gasteiger partial charge in [0.2, 0.25) is 0 Å². The maximum Gasteiger partial charge on any atom is 0.251 e. The molecule has 0 spiro atoms. The summed E-state index contributed by atoms with van der Waals surface area (Å²) in [4.78, 5) is 18.5. The van der Waals surface area contributed by atoms with Crippen LogP contribution in [0, 0.1) is 0 Å². The van der Waals surface area contributed by atoms with Crippen molar-refractivity contribution < 1.29 is 4.79 Å². The molecule has 1 aliphatic carbocycles. The smallest absolute Gasteiger partial charge is 0.251 e. The van der Waals surface area contributed by atoms with Gasteiger partial charge < -0.3 is 16.0 Å². The Morgan fingerprint density at radius 3 is 2.62 bits per heavy atom. The second kappa shape index (κ2) is 12.1. The highest BCUT2D eigenvalue weighted by Gasteiger charge is 2.27. The molecule has 26 heavy (non-hydrogen) atoms. The molecule has 0 bridgehead atoms. The zero-order valence-electron chi connectivity index (χ0n) is 16.0. The SMILES string of the molecule is CCN(CCNC(=NC)NCCc1cccc(C(=O)NC)c1)C1CC1.I. The van der Waals surface area contributed by atoms with Crippen LogP contribution in [-0.2, 0) is 6.42 Å². The van der Waals surface area contributed by atoms with Crippen LogP contribution in [-0.4, -0.2) is 63.1 Å². The molecule has 3 N–H and O–H groups in total. The highest BCUT2D eigenvalue weighted by Crippen LogP contribution is 2.25. The van der Waals surface area contributed by atoms with Gasteiger partial charge in [-0.3, -0.25) is 14.7 Å². The van der Waals surface area contributed by atoms with E-state index in [1.807, 2.05) is 24.3 Å². The van der Waals surface area contributed by atoms with E-state index in [1.165, 1.54) is 12.8 Å². The Hall–Kier alpha value is -1.35. The number of carbonyl (C=O) groups excluding carboxylic acids is 1. The average molecular weight is 473 g/mol. The number of nitrogens with zero attached hydrogens (tertiary/aromatic N) is 2. The normalized spacial score (nSPS) is 13.9. The lowest BCUT2D eigenvalue weighted by Crippen LogP contribution is -2.42. The molecule has 0 atom stereocenters. The number of carbonyl (C=O) groups is 1. The summed E-state index contributed by atoms with van der Waals surface area (Å²) in [5.41, 5.74) is 1.83. The summed E-state index contributed by atoms with van der Waals surface area (Å²) >= 11 is 0. The minimum Gasteiger partial charge on any atom is -0.356 e. The van der Waals surface area contributed by atoms with Crippen molar-refractivity contribution in [2.75, 3.05) is 40.3 Å². The molecule has 1 saturated carbocycles. The van der Waals surface area contributed by atoms with Gasteiger partial charge in [0.05, 0.1) is 0 Å². The second-order valence-electron chi connectivity index (χ2n) is 6.32. The van der Waals surface area contributed by atoms with Crippen LogP contribution in [0.2, 0.25) is 0 Å². The van der Waals surface area contributed by atoms with E-state index in [1.54, 1.807) is 14.1 Å². The Kier molecular flexibility index (Phi) is 10.6. The van der Waals surface area contributed by atoms with Gasteiger partial charge in [0.25, 0.3) is 5.91 Å². The van der Waals surface area contributed by atoms with Gasteiger partial charge in [0.15, 0.2) is 5.96 Å². The minimum atomic E-state index is -0.0524. The molecule has 6 nitrogen and oxygen atoms in total. The first-order chi connectivity index (χ1) is 12.2. The predicted octanol–water partition coefficient (Wildman–Crippen LogP) is 1.86. The van der Waals surface area contributed by atoms with Gasteiger partial charge in [0.1, 0.15) is 0 Å². The van der Waals surface area contributed by atoms with E-state index in [0.717, 1.165) is 50.2 Å². The molecule has 1 amide bonds. The summed E-state index contributed by atoms with van der Waals surface area (Å²) in [5.74, 6) is 0.776. The van der Waals surface area contributed by atoms with Gasteiger partial charge in [-0.1, -0.05) is 19.1 Å². The summed E-state index contributed by atoms with van der Waals surface area (Å²) in [6, 6.07) is 8.53. The number of likely N-dealkylation sites (N-methyl/N-ethyl adjacent to an activating group) is 1. The quantitative estimate of drug-likeness (QED) is 0.291. The van der Waals surface area contributed by atoms with Crippen molar-refractivity contribution >= 4 is 35.8 Å². The van der Waals surface area contributed by atoms with Crippen molar-refractivity contribution in [1.29, 1.82) is 0 Å². The van der Waals surface area contributed by atoms with Crippen LogP contribution in [0.3, 0.4) is 0 Å². The number of aliphatic imine (C=N–C) groups is 1. The number of benzene rings is 1. The van der Waals surface area contributed by atoms with Crippen LogP contribution in [0.5, 0.6) is 0 Å². The van der Waals surface area contributed by atoms with Crippen molar-refractivity contribution in [3.63, 3.8) is 0 Å². The summed E-state index contributed by atoms with van der Waals surface area (Å²) < 4.78 is 0. The standard InChI is InChI=1S/C19H31N5O.HI/c1-4-24(17-8-9-17)13-12-23-19(21-3)22-11-10-15-6-5-7-16(14-15)18(25)20-2;/h5-7,14,17H,4,8-13H2,1-3H3,(H,20,25)(H2,21,22,23);1H. The molecule has 1 aromatic rings. The lowest BCUT2D eigenvalue weighted by molar-refractivity contribution is 0.0963. The van der Waals surface area contributed by atoms with Gasteiger partial charge in [-0.25, -0.2) is 0 Å². The third-order valence-electron chi connectivity index (χ3n) is 4.51. The molecule has 146 valence electrons. The van der Waals surface area contributed by atoms with Crippen molar-refractivity contribution in [3.05, 3.63) is 35.4 Å². The monoisotopic (exact) mass is 473 g/mol. The van der Waals surface area contributed by atoms with E-state index in [-0.39, 0.29) is 29.9 Å². The molecule has 0 aliphatic heterocycles. The van der Waals surface area contributed by atoms with Gasteiger partial charge in [-0.2, -0.15) is 0 Å². The van der Waals surface area contributed by atoms with Crippen LogP contribution in [0.1, 0.15) is 35.7 Å². The van der Waals surface area contributed by atoms with Crippen molar-refractivity contribution in [2.24, 2.45) is 4.99 Å². The van der Waals surface area contributed by atoms with Crippen molar-refractivity contribution in [3.8, 4) is 0 Å². The largest absolute Gasteiger partial charge is 0.356 e. The average Bonchev–Trinajstić information content (AvgIpc) is 3.48. The van der Waals surface area contributed by atoms with E-state index < -0.39 is 0 Å². The number of hydrogen-bond donors (Lipinski definition) is 3. The predicted molar refractivity (Wildman–Crippen MR) is 119 cm³/mol. The fourth-order valence-electron chi connectivity index (χ4n) is 2.91. The first-order valence-corrected chi connectivity index (χ1v) is 9.17. The van der Waals surface area contributed by atoms with Crippen LogP contribution >= 0.6 is 24.0 Å². The Morgan fingerprint density at radius 1 is 1.27 bits per heavy atom. The Balaban J connectivity index is 0.00000338. The molecule has 0 unspecified atom stereocenters. The molecule has 2 rings (SSSR count). The molecule has 1 aliphatic rings. The maximum absolute atomic E-state index is 11.7. The van der Waals surface area contributed by atoms with Crippen LogP contribution in [0.25, 0.3) is 0 Å². The molecule has 1 aromatic carbocycles. The van der Waals surface area contributed by atoms with Crippen LogP contribution in [0.4, 0.5) is 0 Å². The third kappa shape index (κ3) is 7.49. The number of nitrogens with one attached hydrogen (secondary N) is 3. The van der Waals surface area contributed by atoms with Crippen LogP contribution < -0.4 is 16.0 Å². The molecular weight excluding hydrogens is 441 g/mol. The zero-order chi connectivity index (χ0) is 18.1. The first-order valence-electron chi connectivity index (χ1n) is 9.17. The van der Waals surface area contributed by atoms with Crippen molar-refractivity contribution in [1.82, 2.24) is 20.9 Å². The Morgan fingerprint density at radius 2 is 2.00 bits per heavy atom. The fourth-order valence-corrected chi connectivity index (χ4v) is 2.91. The van der Waals surface area contributed by atoms with Gasteiger partial charge >= 0.3 is 0 Å². The summed E-state index contributed by atoms with van der Waals surface area (Å²) in [5, 5.41) is 9.37. The molecule has 0 heterocycles. The lowest BCUT2D eigenvalue weighted by Gasteiger charge is -2.20. The Labute approximate surface area is 174 Å². The summed E-state index contributed by atoms with van der Waals surface area (Å²) in [6.07, 6.45) is 3.53. The third-order valence-corrected chi connectivity index (χ3v) is 4.51. The maximum atomic E-state index is 11.7. The molecule has 0 radical (unpaired) electrons. The summed E-state index contributed by atoms with van der Waals surface area (Å²) in [7, 11) is 3.44. The van der Waals surface area contributed by atoms with E-state index in [4.69, 9.17) is 0 Å². The number of halogens is 1. The molecule has 7 heteroatoms. The number of rotatable bonds is 9. The molecule has 0 aromatic heterocycles. The van der Waals surface area contributed by atoms with Gasteiger partial charge in [0, 0.05) is 45.3 Å². The first kappa shape index (κ1) is 22.7. The van der Waals surface area contributed by atoms with Gasteiger partial charge in [-0.05, 0) is 43.5 Å². The van der Waals surface area contributed by atoms with E-state index in [2.05, 4.69) is 32.8 Å². The highest BCUT2D eigenvalue weighted by atomic mass is 127. The number of guanidine groups is 1. The zero-order valence-corrected chi connectivity index (χ0v) is 18.4. The minimum absolute atomic E-state index is 0. The topological polar surface area (TPSA) is 68.8 Å². The van der Waals surface area contributed by atoms with Gasteiger partial charge in [-0.15, -0.1) is 24.0 Å². The number of amides is 1. The fraction of sp³-hybridized carbons (Fsp3) is 0.579. The van der Waals surface area contributed by atoms with E-state index in [9.17, 15) is 4.79 Å².